The third-order valence-electron chi connectivity index (χ3n) is 4.86. The zero-order valence-electron chi connectivity index (χ0n) is 13.8. The van der Waals surface area contributed by atoms with Crippen molar-refractivity contribution in [2.75, 3.05) is 0 Å². The van der Waals surface area contributed by atoms with Gasteiger partial charge in [-0.05, 0) is 51.4 Å². The Labute approximate surface area is 146 Å². The van der Waals surface area contributed by atoms with Gasteiger partial charge in [-0.3, -0.25) is 4.98 Å². The lowest BCUT2D eigenvalue weighted by atomic mass is 9.97. The summed E-state index contributed by atoms with van der Waals surface area (Å²) in [6.07, 6.45) is 0.848. The topological polar surface area (TPSA) is 12.9 Å². The number of aromatic nitrogens is 1. The maximum atomic E-state index is 4.84. The summed E-state index contributed by atoms with van der Waals surface area (Å²) >= 11 is 0. The van der Waals surface area contributed by atoms with E-state index in [9.17, 15) is 0 Å². The highest BCUT2D eigenvalue weighted by molar-refractivity contribution is 5.99. The van der Waals surface area contributed by atoms with Crippen LogP contribution in [-0.4, -0.2) is 4.98 Å². The van der Waals surface area contributed by atoms with Crippen molar-refractivity contribution in [3.8, 4) is 0 Å². The molecular weight excluding hydrogens is 302 g/mol. The van der Waals surface area contributed by atoms with Crippen molar-refractivity contribution in [1.82, 2.24) is 4.98 Å². The number of benzene rings is 4. The molecule has 0 atom stereocenters. The molecule has 25 heavy (non-hydrogen) atoms. The molecular formula is C24H17N. The van der Waals surface area contributed by atoms with Gasteiger partial charge in [-0.1, -0.05) is 66.7 Å². The minimum absolute atomic E-state index is 0.848. The monoisotopic (exact) mass is 319 g/mol. The van der Waals surface area contributed by atoms with E-state index >= 15 is 0 Å². The van der Waals surface area contributed by atoms with E-state index in [1.165, 1.54) is 32.5 Å². The van der Waals surface area contributed by atoms with Crippen LogP contribution in [0, 0.1) is 0 Å². The van der Waals surface area contributed by atoms with Crippen LogP contribution >= 0.6 is 0 Å². The lowest BCUT2D eigenvalue weighted by Crippen LogP contribution is -1.94. The lowest BCUT2D eigenvalue weighted by Gasteiger charge is -2.09. The fraction of sp³-hybridized carbons (Fsp3) is 0.0417. The molecule has 1 heterocycles. The molecule has 0 aliphatic carbocycles. The first-order valence-corrected chi connectivity index (χ1v) is 8.62. The average molecular weight is 319 g/mol. The Bertz CT molecular complexity index is 1220. The SMILES string of the molecule is c1ccc2cc3c(Cc4ccc5ccccc5n4)cccc3cc2c1. The van der Waals surface area contributed by atoms with Gasteiger partial charge >= 0.3 is 0 Å². The van der Waals surface area contributed by atoms with E-state index in [-0.39, 0.29) is 0 Å². The number of nitrogens with zero attached hydrogens (tertiary/aromatic N) is 1. The second kappa shape index (κ2) is 5.71. The van der Waals surface area contributed by atoms with Gasteiger partial charge < -0.3 is 0 Å². The molecule has 118 valence electrons. The second-order valence-corrected chi connectivity index (χ2v) is 6.51. The van der Waals surface area contributed by atoms with Gasteiger partial charge in [0, 0.05) is 17.5 Å². The quantitative estimate of drug-likeness (QED) is 0.357. The summed E-state index contributed by atoms with van der Waals surface area (Å²) in [7, 11) is 0. The van der Waals surface area contributed by atoms with Gasteiger partial charge in [-0.15, -0.1) is 0 Å². The van der Waals surface area contributed by atoms with Crippen LogP contribution in [0.5, 0.6) is 0 Å². The normalized spacial score (nSPS) is 11.4. The first-order valence-electron chi connectivity index (χ1n) is 8.62. The molecule has 1 nitrogen and oxygen atoms in total. The molecule has 0 fully saturated rings. The Morgan fingerprint density at radius 3 is 2.16 bits per heavy atom. The third-order valence-corrected chi connectivity index (χ3v) is 4.86. The predicted molar refractivity (Wildman–Crippen MR) is 106 cm³/mol. The van der Waals surface area contributed by atoms with Gasteiger partial charge in [-0.25, -0.2) is 0 Å². The Morgan fingerprint density at radius 1 is 0.560 bits per heavy atom. The van der Waals surface area contributed by atoms with E-state index in [1.54, 1.807) is 0 Å². The smallest absolute Gasteiger partial charge is 0.0705 e. The minimum atomic E-state index is 0.848. The molecule has 0 saturated carbocycles. The zero-order chi connectivity index (χ0) is 16.6. The lowest BCUT2D eigenvalue weighted by molar-refractivity contribution is 1.11. The molecule has 0 aliphatic heterocycles. The molecule has 0 bridgehead atoms. The van der Waals surface area contributed by atoms with Gasteiger partial charge in [0.1, 0.15) is 0 Å². The highest BCUT2D eigenvalue weighted by Crippen LogP contribution is 2.27. The van der Waals surface area contributed by atoms with Crippen LogP contribution in [0.15, 0.2) is 91.0 Å². The number of pyridine rings is 1. The Morgan fingerprint density at radius 2 is 1.28 bits per heavy atom. The van der Waals surface area contributed by atoms with E-state index in [2.05, 4.69) is 84.9 Å². The average Bonchev–Trinajstić information content (AvgIpc) is 2.67. The number of fused-ring (bicyclic) bond motifs is 3. The summed E-state index contributed by atoms with van der Waals surface area (Å²) in [5.74, 6) is 0. The summed E-state index contributed by atoms with van der Waals surface area (Å²) in [6, 6.07) is 32.3. The number of rotatable bonds is 2. The molecule has 0 aliphatic rings. The van der Waals surface area contributed by atoms with E-state index in [0.717, 1.165) is 17.6 Å². The molecule has 1 heteroatoms. The Balaban J connectivity index is 1.64. The number of hydrogen-bond acceptors (Lipinski definition) is 1. The van der Waals surface area contributed by atoms with Crippen LogP contribution < -0.4 is 0 Å². The van der Waals surface area contributed by atoms with E-state index in [1.807, 2.05) is 6.07 Å². The minimum Gasteiger partial charge on any atom is -0.252 e. The molecule has 1 aromatic heterocycles. The van der Waals surface area contributed by atoms with E-state index in [4.69, 9.17) is 4.98 Å². The van der Waals surface area contributed by atoms with Crippen LogP contribution in [0.3, 0.4) is 0 Å². The molecule has 0 N–H and O–H groups in total. The first-order chi connectivity index (χ1) is 12.4. The maximum Gasteiger partial charge on any atom is 0.0705 e. The highest BCUT2D eigenvalue weighted by Gasteiger charge is 2.06. The van der Waals surface area contributed by atoms with Crippen LogP contribution in [0.2, 0.25) is 0 Å². The first kappa shape index (κ1) is 14.2. The van der Waals surface area contributed by atoms with Crippen molar-refractivity contribution in [1.29, 1.82) is 0 Å². The van der Waals surface area contributed by atoms with Gasteiger partial charge in [-0.2, -0.15) is 0 Å². The number of hydrogen-bond donors (Lipinski definition) is 0. The third kappa shape index (κ3) is 2.54. The van der Waals surface area contributed by atoms with Crippen LogP contribution in [0.4, 0.5) is 0 Å². The highest BCUT2D eigenvalue weighted by atomic mass is 14.7. The van der Waals surface area contributed by atoms with Gasteiger partial charge in [0.25, 0.3) is 0 Å². The maximum absolute atomic E-state index is 4.84. The van der Waals surface area contributed by atoms with Crippen LogP contribution in [0.1, 0.15) is 11.3 Å². The van der Waals surface area contributed by atoms with Crippen molar-refractivity contribution >= 4 is 32.4 Å². The van der Waals surface area contributed by atoms with E-state index in [0.29, 0.717) is 0 Å². The molecule has 4 aromatic carbocycles. The summed E-state index contributed by atoms with van der Waals surface area (Å²) in [4.78, 5) is 4.84. The van der Waals surface area contributed by atoms with Crippen LogP contribution in [-0.2, 0) is 6.42 Å². The number of para-hydroxylation sites is 1. The van der Waals surface area contributed by atoms with Crippen molar-refractivity contribution in [3.63, 3.8) is 0 Å². The summed E-state index contributed by atoms with van der Waals surface area (Å²) in [5.41, 5.74) is 3.50. The molecule has 5 rings (SSSR count). The Kier molecular flexibility index (Phi) is 3.24. The molecule has 0 saturated heterocycles. The fourth-order valence-electron chi connectivity index (χ4n) is 3.59. The second-order valence-electron chi connectivity index (χ2n) is 6.51. The molecule has 0 amide bonds. The molecule has 0 unspecified atom stereocenters. The summed E-state index contributed by atoms with van der Waals surface area (Å²) < 4.78 is 0. The standard InChI is InChI=1S/C24H17N/c1-2-8-19-16-23-20(14-18(19)7-1)9-5-10-21(23)15-22-13-12-17-6-3-4-11-24(17)25-22/h1-14,16H,15H2. The molecule has 5 aromatic rings. The van der Waals surface area contributed by atoms with Crippen molar-refractivity contribution in [3.05, 3.63) is 102 Å². The molecule has 0 radical (unpaired) electrons. The molecule has 0 spiro atoms. The van der Waals surface area contributed by atoms with Crippen molar-refractivity contribution in [2.45, 2.75) is 6.42 Å². The Hall–Kier alpha value is -3.19. The largest absolute Gasteiger partial charge is 0.252 e. The van der Waals surface area contributed by atoms with Crippen molar-refractivity contribution in [2.24, 2.45) is 0 Å². The van der Waals surface area contributed by atoms with Crippen molar-refractivity contribution < 1.29 is 0 Å². The fourth-order valence-corrected chi connectivity index (χ4v) is 3.59. The summed E-state index contributed by atoms with van der Waals surface area (Å²) in [6.45, 7) is 0. The zero-order valence-corrected chi connectivity index (χ0v) is 13.8. The van der Waals surface area contributed by atoms with Gasteiger partial charge in [0.05, 0.1) is 5.52 Å². The van der Waals surface area contributed by atoms with Crippen LogP contribution in [0.25, 0.3) is 32.4 Å². The predicted octanol–water partition coefficient (Wildman–Crippen LogP) is 6.13. The summed E-state index contributed by atoms with van der Waals surface area (Å²) in [5, 5.41) is 6.37. The van der Waals surface area contributed by atoms with Gasteiger partial charge in [0.2, 0.25) is 0 Å². The van der Waals surface area contributed by atoms with E-state index < -0.39 is 0 Å². The van der Waals surface area contributed by atoms with Gasteiger partial charge in [0.15, 0.2) is 0 Å².